The first-order valence-corrected chi connectivity index (χ1v) is 7.40. The third-order valence-electron chi connectivity index (χ3n) is 4.42. The molecule has 0 saturated heterocycles. The Kier molecular flexibility index (Phi) is 6.79. The summed E-state index contributed by atoms with van der Waals surface area (Å²) in [4.78, 5) is 12.1. The summed E-state index contributed by atoms with van der Waals surface area (Å²) in [5.41, 5.74) is 5.58. The van der Waals surface area contributed by atoms with Crippen LogP contribution in [0.1, 0.15) is 65.2 Å². The first-order chi connectivity index (χ1) is 8.17. The van der Waals surface area contributed by atoms with Gasteiger partial charge in [0.25, 0.3) is 0 Å². The van der Waals surface area contributed by atoms with Crippen molar-refractivity contribution in [3.05, 3.63) is 0 Å². The first-order valence-electron chi connectivity index (χ1n) is 7.40. The molecule has 1 atom stereocenters. The van der Waals surface area contributed by atoms with E-state index >= 15 is 0 Å². The molecule has 1 unspecified atom stereocenters. The highest BCUT2D eigenvalue weighted by molar-refractivity contribution is 5.81. The zero-order valence-corrected chi connectivity index (χ0v) is 11.6. The summed E-state index contributed by atoms with van der Waals surface area (Å²) in [5.74, 6) is 2.39. The summed E-state index contributed by atoms with van der Waals surface area (Å²) in [6.07, 6.45) is 8.84. The lowest BCUT2D eigenvalue weighted by Crippen LogP contribution is -2.21. The molecule has 100 valence electrons. The standard InChI is InChI=1S/C15H29NO/c1-3-13(10-11-16)6-9-15(17)14-7-4-12(2)5-8-14/h12-14H,3-11,16H2,1-2H3. The van der Waals surface area contributed by atoms with Crippen molar-refractivity contribution in [3.63, 3.8) is 0 Å². The molecule has 2 nitrogen and oxygen atoms in total. The van der Waals surface area contributed by atoms with E-state index in [1.807, 2.05) is 0 Å². The SMILES string of the molecule is CCC(CCN)CCC(=O)C1CCC(C)CC1. The van der Waals surface area contributed by atoms with Gasteiger partial charge in [-0.1, -0.05) is 33.1 Å². The summed E-state index contributed by atoms with van der Waals surface area (Å²) in [6, 6.07) is 0. The number of Topliss-reactive ketones (excluding diaryl/α,β-unsaturated/α-hetero) is 1. The smallest absolute Gasteiger partial charge is 0.135 e. The van der Waals surface area contributed by atoms with E-state index in [2.05, 4.69) is 13.8 Å². The molecule has 0 aromatic carbocycles. The van der Waals surface area contributed by atoms with Gasteiger partial charge in [-0.2, -0.15) is 0 Å². The number of hydrogen-bond donors (Lipinski definition) is 1. The Balaban J connectivity index is 2.24. The molecule has 1 saturated carbocycles. The third kappa shape index (κ3) is 5.20. The summed E-state index contributed by atoms with van der Waals surface area (Å²) in [5, 5.41) is 0. The van der Waals surface area contributed by atoms with Crippen molar-refractivity contribution < 1.29 is 4.79 Å². The lowest BCUT2D eigenvalue weighted by Gasteiger charge is -2.25. The van der Waals surface area contributed by atoms with Crippen molar-refractivity contribution in [2.24, 2.45) is 23.5 Å². The summed E-state index contributed by atoms with van der Waals surface area (Å²) in [6.45, 7) is 5.26. The Bertz CT molecular complexity index is 219. The number of rotatable bonds is 7. The fraction of sp³-hybridized carbons (Fsp3) is 0.933. The van der Waals surface area contributed by atoms with Gasteiger partial charge in [0.1, 0.15) is 5.78 Å². The number of hydrogen-bond acceptors (Lipinski definition) is 2. The van der Waals surface area contributed by atoms with Gasteiger partial charge >= 0.3 is 0 Å². The van der Waals surface area contributed by atoms with E-state index in [0.29, 0.717) is 17.6 Å². The van der Waals surface area contributed by atoms with E-state index < -0.39 is 0 Å². The van der Waals surface area contributed by atoms with Gasteiger partial charge in [-0.15, -0.1) is 0 Å². The molecular formula is C15H29NO. The minimum Gasteiger partial charge on any atom is -0.330 e. The van der Waals surface area contributed by atoms with E-state index in [0.717, 1.165) is 51.0 Å². The Hall–Kier alpha value is -0.370. The molecule has 0 bridgehead atoms. The number of nitrogens with two attached hydrogens (primary N) is 1. The number of ketones is 1. The fourth-order valence-corrected chi connectivity index (χ4v) is 2.92. The third-order valence-corrected chi connectivity index (χ3v) is 4.42. The second-order valence-corrected chi connectivity index (χ2v) is 5.81. The Morgan fingerprint density at radius 3 is 2.41 bits per heavy atom. The maximum Gasteiger partial charge on any atom is 0.135 e. The monoisotopic (exact) mass is 239 g/mol. The van der Waals surface area contributed by atoms with Crippen LogP contribution in [0.25, 0.3) is 0 Å². The van der Waals surface area contributed by atoms with Crippen LogP contribution in [0.4, 0.5) is 0 Å². The Morgan fingerprint density at radius 1 is 1.24 bits per heavy atom. The van der Waals surface area contributed by atoms with E-state index in [9.17, 15) is 4.79 Å². The molecule has 1 aliphatic rings. The molecule has 17 heavy (non-hydrogen) atoms. The van der Waals surface area contributed by atoms with Crippen molar-refractivity contribution in [1.82, 2.24) is 0 Å². The molecule has 0 heterocycles. The molecular weight excluding hydrogens is 210 g/mol. The lowest BCUT2D eigenvalue weighted by molar-refractivity contribution is -0.124. The number of carbonyl (C=O) groups excluding carboxylic acids is 1. The second kappa shape index (κ2) is 7.86. The highest BCUT2D eigenvalue weighted by Crippen LogP contribution is 2.30. The Morgan fingerprint density at radius 2 is 1.88 bits per heavy atom. The summed E-state index contributed by atoms with van der Waals surface area (Å²) < 4.78 is 0. The van der Waals surface area contributed by atoms with Gasteiger partial charge in [0.15, 0.2) is 0 Å². The van der Waals surface area contributed by atoms with Gasteiger partial charge in [-0.25, -0.2) is 0 Å². The van der Waals surface area contributed by atoms with Crippen molar-refractivity contribution >= 4 is 5.78 Å². The average molecular weight is 239 g/mol. The van der Waals surface area contributed by atoms with Crippen LogP contribution in [-0.4, -0.2) is 12.3 Å². The molecule has 0 aromatic rings. The van der Waals surface area contributed by atoms with E-state index in [1.54, 1.807) is 0 Å². The molecule has 1 rings (SSSR count). The van der Waals surface area contributed by atoms with Crippen LogP contribution in [0, 0.1) is 17.8 Å². The second-order valence-electron chi connectivity index (χ2n) is 5.81. The van der Waals surface area contributed by atoms with Crippen molar-refractivity contribution in [3.8, 4) is 0 Å². The van der Waals surface area contributed by atoms with Gasteiger partial charge < -0.3 is 5.73 Å². The van der Waals surface area contributed by atoms with Gasteiger partial charge in [0.05, 0.1) is 0 Å². The highest BCUT2D eigenvalue weighted by Gasteiger charge is 2.24. The van der Waals surface area contributed by atoms with Gasteiger partial charge in [0.2, 0.25) is 0 Å². The van der Waals surface area contributed by atoms with Gasteiger partial charge in [-0.3, -0.25) is 4.79 Å². The molecule has 2 N–H and O–H groups in total. The predicted molar refractivity (Wildman–Crippen MR) is 72.8 cm³/mol. The lowest BCUT2D eigenvalue weighted by atomic mass is 9.79. The van der Waals surface area contributed by atoms with Crippen LogP contribution in [0.3, 0.4) is 0 Å². The molecule has 2 heteroatoms. The summed E-state index contributed by atoms with van der Waals surface area (Å²) in [7, 11) is 0. The minimum atomic E-state index is 0.376. The van der Waals surface area contributed by atoms with E-state index in [1.165, 1.54) is 12.8 Å². The molecule has 1 fully saturated rings. The van der Waals surface area contributed by atoms with Crippen molar-refractivity contribution in [2.75, 3.05) is 6.54 Å². The molecule has 0 radical (unpaired) electrons. The summed E-state index contributed by atoms with van der Waals surface area (Å²) >= 11 is 0. The van der Waals surface area contributed by atoms with Crippen LogP contribution in [-0.2, 0) is 4.79 Å². The molecule has 0 aromatic heterocycles. The maximum atomic E-state index is 12.1. The van der Waals surface area contributed by atoms with Crippen molar-refractivity contribution in [2.45, 2.75) is 65.2 Å². The molecule has 0 aliphatic heterocycles. The van der Waals surface area contributed by atoms with Crippen LogP contribution in [0.5, 0.6) is 0 Å². The fourth-order valence-electron chi connectivity index (χ4n) is 2.92. The number of carbonyl (C=O) groups is 1. The largest absolute Gasteiger partial charge is 0.330 e. The quantitative estimate of drug-likeness (QED) is 0.738. The molecule has 1 aliphatic carbocycles. The highest BCUT2D eigenvalue weighted by atomic mass is 16.1. The zero-order valence-electron chi connectivity index (χ0n) is 11.6. The average Bonchev–Trinajstić information content (AvgIpc) is 2.35. The molecule has 0 spiro atoms. The van der Waals surface area contributed by atoms with E-state index in [4.69, 9.17) is 5.73 Å². The predicted octanol–water partition coefficient (Wildman–Crippen LogP) is 3.54. The van der Waals surface area contributed by atoms with E-state index in [-0.39, 0.29) is 0 Å². The van der Waals surface area contributed by atoms with Gasteiger partial charge in [-0.05, 0) is 44.1 Å². The Labute approximate surface area is 106 Å². The van der Waals surface area contributed by atoms with Crippen LogP contribution < -0.4 is 5.73 Å². The minimum absolute atomic E-state index is 0.376. The topological polar surface area (TPSA) is 43.1 Å². The molecule has 0 amide bonds. The zero-order chi connectivity index (χ0) is 12.7. The maximum absolute atomic E-state index is 12.1. The van der Waals surface area contributed by atoms with Crippen molar-refractivity contribution in [1.29, 1.82) is 0 Å². The van der Waals surface area contributed by atoms with Gasteiger partial charge in [0, 0.05) is 12.3 Å². The first kappa shape index (κ1) is 14.7. The van der Waals surface area contributed by atoms with Crippen LogP contribution in [0.2, 0.25) is 0 Å². The normalized spacial score (nSPS) is 26.8. The van der Waals surface area contributed by atoms with Crippen LogP contribution >= 0.6 is 0 Å². The van der Waals surface area contributed by atoms with Crippen LogP contribution in [0.15, 0.2) is 0 Å².